The van der Waals surface area contributed by atoms with E-state index in [9.17, 15) is 14.4 Å². The van der Waals surface area contributed by atoms with Crippen LogP contribution in [0, 0.1) is 5.41 Å². The van der Waals surface area contributed by atoms with Gasteiger partial charge in [0.1, 0.15) is 5.04 Å². The zero-order valence-corrected chi connectivity index (χ0v) is 13.0. The number of hydrogen-bond donors (Lipinski definition) is 2. The number of nitrogens with one attached hydrogen (secondary N) is 1. The average molecular weight is 304 g/mol. The van der Waals surface area contributed by atoms with Gasteiger partial charge in [0.2, 0.25) is 11.8 Å². The number of nitrogens with zero attached hydrogens (tertiary/aromatic N) is 2. The molecular weight excluding hydrogens is 284 g/mol. The maximum absolute atomic E-state index is 11.6. The number of nitrogens with two attached hydrogens (primary N) is 1. The van der Waals surface area contributed by atoms with E-state index < -0.39 is 17.4 Å². The molecule has 0 radical (unpaired) electrons. The van der Waals surface area contributed by atoms with Crippen molar-refractivity contribution < 1.29 is 19.2 Å². The molecule has 9 heteroatoms. The molecule has 114 valence electrons. The minimum atomic E-state index is -1.15. The smallest absolute Gasteiger partial charge is 0.369 e. The highest BCUT2D eigenvalue weighted by Crippen LogP contribution is 2.25. The van der Waals surface area contributed by atoms with Gasteiger partial charge in [-0.25, -0.2) is 4.79 Å². The van der Waals surface area contributed by atoms with Gasteiger partial charge in [-0.1, -0.05) is 16.9 Å². The van der Waals surface area contributed by atoms with Crippen LogP contribution in [-0.2, 0) is 14.4 Å². The molecular formula is C11H20N4O4S. The fourth-order valence-corrected chi connectivity index (χ4v) is 1.88. The van der Waals surface area contributed by atoms with Gasteiger partial charge in [-0.3, -0.25) is 14.4 Å². The maximum Gasteiger partial charge on any atom is 0.433 e. The second-order valence-corrected chi connectivity index (χ2v) is 5.56. The van der Waals surface area contributed by atoms with Crippen LogP contribution in [0.3, 0.4) is 0 Å². The molecule has 0 rings (SSSR count). The summed E-state index contributed by atoms with van der Waals surface area (Å²) < 4.78 is 0. The van der Waals surface area contributed by atoms with Crippen LogP contribution in [0.25, 0.3) is 0 Å². The van der Waals surface area contributed by atoms with Gasteiger partial charge in [0.05, 0.1) is 11.2 Å². The molecule has 0 saturated carbocycles. The van der Waals surface area contributed by atoms with E-state index >= 15 is 0 Å². The Kier molecular flexibility index (Phi) is 7.05. The van der Waals surface area contributed by atoms with Crippen molar-refractivity contribution in [2.45, 2.75) is 13.8 Å². The highest BCUT2D eigenvalue weighted by atomic mass is 32.2. The second kappa shape index (κ2) is 7.73. The molecule has 3 amide bonds. The van der Waals surface area contributed by atoms with E-state index in [-0.39, 0.29) is 16.7 Å². The standard InChI is InChI=1S/C11H20N4O4S/c1-11(2,8(12)17)9(14-19-10(18)13-3)20-6-7(16)15(4)5/h6H2,1-5H3,(H2,12,17)(H,13,18). The van der Waals surface area contributed by atoms with Gasteiger partial charge in [-0.15, -0.1) is 0 Å². The molecule has 0 aliphatic carbocycles. The van der Waals surface area contributed by atoms with Crippen LogP contribution in [0.15, 0.2) is 5.16 Å². The summed E-state index contributed by atoms with van der Waals surface area (Å²) in [6, 6.07) is 0. The quantitative estimate of drug-likeness (QED) is 0.321. The Balaban J connectivity index is 5.03. The monoisotopic (exact) mass is 304 g/mol. The van der Waals surface area contributed by atoms with Gasteiger partial charge in [0.25, 0.3) is 0 Å². The van der Waals surface area contributed by atoms with Gasteiger partial charge in [0, 0.05) is 21.1 Å². The third kappa shape index (κ3) is 5.47. The van der Waals surface area contributed by atoms with Crippen LogP contribution in [0.5, 0.6) is 0 Å². The predicted octanol–water partition coefficient (Wildman–Crippen LogP) is -0.0112. The largest absolute Gasteiger partial charge is 0.433 e. The number of primary amides is 1. The van der Waals surface area contributed by atoms with E-state index in [1.807, 2.05) is 0 Å². The first-order chi connectivity index (χ1) is 9.12. The molecule has 0 spiro atoms. The molecule has 0 saturated heterocycles. The normalized spacial score (nSPS) is 11.8. The van der Waals surface area contributed by atoms with Crippen molar-refractivity contribution in [2.24, 2.45) is 16.3 Å². The van der Waals surface area contributed by atoms with E-state index in [0.29, 0.717) is 0 Å². The summed E-state index contributed by atoms with van der Waals surface area (Å²) in [6.45, 7) is 3.07. The summed E-state index contributed by atoms with van der Waals surface area (Å²) in [5.74, 6) is -0.746. The number of oxime groups is 1. The Morgan fingerprint density at radius 1 is 1.35 bits per heavy atom. The topological polar surface area (TPSA) is 114 Å². The number of amides is 3. The molecule has 0 aliphatic heterocycles. The van der Waals surface area contributed by atoms with Gasteiger partial charge in [-0.2, -0.15) is 0 Å². The van der Waals surface area contributed by atoms with E-state index in [0.717, 1.165) is 11.8 Å². The molecule has 20 heavy (non-hydrogen) atoms. The maximum atomic E-state index is 11.6. The van der Waals surface area contributed by atoms with Crippen LogP contribution in [0.2, 0.25) is 0 Å². The average Bonchev–Trinajstić information content (AvgIpc) is 2.37. The highest BCUT2D eigenvalue weighted by Gasteiger charge is 2.33. The van der Waals surface area contributed by atoms with Gasteiger partial charge < -0.3 is 16.0 Å². The Morgan fingerprint density at radius 3 is 2.30 bits per heavy atom. The van der Waals surface area contributed by atoms with Crippen LogP contribution in [-0.4, -0.2) is 54.7 Å². The third-order valence-corrected chi connectivity index (χ3v) is 3.65. The third-order valence-electron chi connectivity index (χ3n) is 2.40. The van der Waals surface area contributed by atoms with Crippen molar-refractivity contribution in [2.75, 3.05) is 26.9 Å². The fourth-order valence-electron chi connectivity index (χ4n) is 0.814. The molecule has 0 heterocycles. The lowest BCUT2D eigenvalue weighted by Gasteiger charge is -2.21. The molecule has 0 unspecified atom stereocenters. The van der Waals surface area contributed by atoms with E-state index in [1.54, 1.807) is 14.1 Å². The Labute approximate surface area is 122 Å². The molecule has 8 nitrogen and oxygen atoms in total. The summed E-state index contributed by atoms with van der Waals surface area (Å²) in [5.41, 5.74) is 4.14. The van der Waals surface area contributed by atoms with E-state index in [2.05, 4.69) is 15.3 Å². The van der Waals surface area contributed by atoms with Crippen LogP contribution in [0.1, 0.15) is 13.8 Å². The Morgan fingerprint density at radius 2 is 1.90 bits per heavy atom. The van der Waals surface area contributed by atoms with Crippen molar-refractivity contribution in [1.82, 2.24) is 10.2 Å². The lowest BCUT2D eigenvalue weighted by molar-refractivity contribution is -0.126. The second-order valence-electron chi connectivity index (χ2n) is 4.59. The van der Waals surface area contributed by atoms with Crippen LogP contribution in [0.4, 0.5) is 4.79 Å². The number of thioether (sulfide) groups is 1. The zero-order chi connectivity index (χ0) is 15.9. The van der Waals surface area contributed by atoms with Gasteiger partial charge in [-0.05, 0) is 13.8 Å². The molecule has 0 bridgehead atoms. The summed E-state index contributed by atoms with van der Waals surface area (Å²) in [4.78, 5) is 40.0. The summed E-state index contributed by atoms with van der Waals surface area (Å²) in [6.07, 6.45) is -0.776. The SMILES string of the molecule is CNC(=O)ON=C(SCC(=O)N(C)C)C(C)(C)C(N)=O. The first-order valence-corrected chi connectivity index (χ1v) is 6.71. The van der Waals surface area contributed by atoms with Gasteiger partial charge >= 0.3 is 6.09 Å². The molecule has 0 aliphatic rings. The van der Waals surface area contributed by atoms with E-state index in [1.165, 1.54) is 25.8 Å². The van der Waals surface area contributed by atoms with Crippen LogP contribution >= 0.6 is 11.8 Å². The van der Waals surface area contributed by atoms with Crippen molar-refractivity contribution in [3.8, 4) is 0 Å². The molecule has 0 fully saturated rings. The van der Waals surface area contributed by atoms with E-state index in [4.69, 9.17) is 5.73 Å². The zero-order valence-electron chi connectivity index (χ0n) is 12.2. The van der Waals surface area contributed by atoms with Crippen molar-refractivity contribution in [3.63, 3.8) is 0 Å². The summed E-state index contributed by atoms with van der Waals surface area (Å²) in [7, 11) is 4.60. The Bertz CT molecular complexity index is 421. The van der Waals surface area contributed by atoms with Crippen LogP contribution < -0.4 is 11.1 Å². The lowest BCUT2D eigenvalue weighted by Crippen LogP contribution is -2.38. The minimum absolute atomic E-state index is 0.0552. The first kappa shape index (κ1) is 18.2. The van der Waals surface area contributed by atoms with Gasteiger partial charge in [0.15, 0.2) is 0 Å². The van der Waals surface area contributed by atoms with Crippen molar-refractivity contribution in [1.29, 1.82) is 0 Å². The molecule has 0 aromatic rings. The Hall–Kier alpha value is -1.77. The predicted molar refractivity (Wildman–Crippen MR) is 77.1 cm³/mol. The fraction of sp³-hybridized carbons (Fsp3) is 0.636. The number of carbonyl (C=O) groups is 3. The molecule has 0 atom stereocenters. The molecule has 0 aromatic heterocycles. The molecule has 0 aromatic carbocycles. The number of rotatable bonds is 5. The lowest BCUT2D eigenvalue weighted by atomic mass is 9.94. The highest BCUT2D eigenvalue weighted by molar-refractivity contribution is 8.14. The van der Waals surface area contributed by atoms with Crippen molar-refractivity contribution >= 4 is 34.7 Å². The first-order valence-electron chi connectivity index (χ1n) is 5.73. The summed E-state index contributed by atoms with van der Waals surface area (Å²) >= 11 is 0.999. The number of hydrogen-bond acceptors (Lipinski definition) is 6. The van der Waals surface area contributed by atoms with Crippen molar-refractivity contribution in [3.05, 3.63) is 0 Å². The minimum Gasteiger partial charge on any atom is -0.369 e. The molecule has 3 N–H and O–H groups in total. The number of carbonyl (C=O) groups excluding carboxylic acids is 3. The summed E-state index contributed by atoms with van der Waals surface area (Å²) in [5, 5.41) is 5.99.